The summed E-state index contributed by atoms with van der Waals surface area (Å²) in [6.07, 6.45) is 0.453. The van der Waals surface area contributed by atoms with Crippen LogP contribution < -0.4 is 0 Å². The maximum absolute atomic E-state index is 14.0. The van der Waals surface area contributed by atoms with Crippen molar-refractivity contribution >= 4 is 47.7 Å². The molecule has 1 unspecified atom stereocenters. The predicted octanol–water partition coefficient (Wildman–Crippen LogP) is 3.74. The number of hydrogen-bond donors (Lipinski definition) is 2. The van der Waals surface area contributed by atoms with Crippen LogP contribution in [0.3, 0.4) is 0 Å². The van der Waals surface area contributed by atoms with Gasteiger partial charge in [0.05, 0.1) is 74.6 Å². The summed E-state index contributed by atoms with van der Waals surface area (Å²) in [4.78, 5) is 102. The average molecular weight is 864 g/mol. The van der Waals surface area contributed by atoms with E-state index in [0.29, 0.717) is 44.8 Å². The summed E-state index contributed by atoms with van der Waals surface area (Å²) >= 11 is 0. The number of nitrogens with one attached hydrogen (secondary N) is 2. The maximum atomic E-state index is 14.0. The van der Waals surface area contributed by atoms with Gasteiger partial charge in [0.1, 0.15) is 12.3 Å². The van der Waals surface area contributed by atoms with Crippen LogP contribution in [0.2, 0.25) is 0 Å². The lowest BCUT2D eigenvalue weighted by Crippen LogP contribution is -2.36. The minimum Gasteiger partial charge on any atom is -0.481 e. The van der Waals surface area contributed by atoms with Crippen LogP contribution in [0.25, 0.3) is 0 Å². The molecule has 0 bridgehead atoms. The number of rotatable bonds is 22. The van der Waals surface area contributed by atoms with Gasteiger partial charge in [0.25, 0.3) is 0 Å². The topological polar surface area (TPSA) is 237 Å². The summed E-state index contributed by atoms with van der Waals surface area (Å²) in [5.74, 6) is -4.19. The number of aliphatic imine (C=N–C) groups is 1. The molecule has 18 nitrogen and oxygen atoms in total. The van der Waals surface area contributed by atoms with Crippen molar-refractivity contribution in [2.45, 2.75) is 82.8 Å². The summed E-state index contributed by atoms with van der Waals surface area (Å²) in [6, 6.07) is 8.97. The van der Waals surface area contributed by atoms with E-state index in [1.807, 2.05) is 6.07 Å². The Morgan fingerprint density at radius 1 is 0.597 bits per heavy atom. The highest BCUT2D eigenvalue weighted by Gasteiger charge is 2.46. The van der Waals surface area contributed by atoms with Crippen LogP contribution in [0.15, 0.2) is 52.7 Å². The molecular weight excluding hydrogens is 810 g/mol. The molecule has 0 amide bonds. The van der Waals surface area contributed by atoms with Gasteiger partial charge in [0.15, 0.2) is 0 Å². The molecule has 2 N–H and O–H groups in total. The monoisotopic (exact) mass is 863 g/mol. The van der Waals surface area contributed by atoms with Gasteiger partial charge < -0.3 is 47.9 Å². The number of aryl methyl sites for hydroxylation is 1. The van der Waals surface area contributed by atoms with E-state index in [4.69, 9.17) is 42.9 Å². The first kappa shape index (κ1) is 48.0. The molecule has 18 heteroatoms. The third-order valence-corrected chi connectivity index (χ3v) is 10.6. The van der Waals surface area contributed by atoms with Crippen molar-refractivity contribution in [1.29, 1.82) is 0 Å². The van der Waals surface area contributed by atoms with Crippen LogP contribution in [0.5, 0.6) is 0 Å². The molecule has 334 valence electrons. The van der Waals surface area contributed by atoms with Crippen molar-refractivity contribution in [2.24, 2.45) is 4.99 Å². The lowest BCUT2D eigenvalue weighted by molar-refractivity contribution is -0.141. The molecule has 3 aromatic rings. The third kappa shape index (κ3) is 12.2. The fourth-order valence-electron chi connectivity index (χ4n) is 7.42. The zero-order valence-electron chi connectivity index (χ0n) is 36.0. The van der Waals surface area contributed by atoms with Crippen LogP contribution in [0.4, 0.5) is 0 Å². The van der Waals surface area contributed by atoms with Crippen molar-refractivity contribution in [1.82, 2.24) is 9.97 Å². The molecule has 1 aliphatic heterocycles. The molecule has 0 saturated carbocycles. The number of methoxy groups -OCH3 is 7. The molecule has 0 fully saturated rings. The third-order valence-electron chi connectivity index (χ3n) is 10.6. The first-order chi connectivity index (χ1) is 29.8. The van der Waals surface area contributed by atoms with Gasteiger partial charge in [-0.3, -0.25) is 28.8 Å². The minimum atomic E-state index is -1.51. The van der Waals surface area contributed by atoms with Gasteiger partial charge in [-0.25, -0.2) is 9.79 Å². The van der Waals surface area contributed by atoms with Crippen LogP contribution in [-0.4, -0.2) is 113 Å². The molecular formula is C44H53N3O15. The minimum absolute atomic E-state index is 0.00239. The first-order valence-corrected chi connectivity index (χ1v) is 19.7. The summed E-state index contributed by atoms with van der Waals surface area (Å²) in [5, 5.41) is 0. The van der Waals surface area contributed by atoms with Gasteiger partial charge in [0.2, 0.25) is 5.90 Å². The van der Waals surface area contributed by atoms with E-state index in [2.05, 4.69) is 9.97 Å². The van der Waals surface area contributed by atoms with E-state index in [1.54, 1.807) is 30.5 Å². The Morgan fingerprint density at radius 3 is 1.71 bits per heavy atom. The number of aromatic amines is 2. The lowest BCUT2D eigenvalue weighted by atomic mass is 9.77. The van der Waals surface area contributed by atoms with E-state index in [0.717, 1.165) is 0 Å². The van der Waals surface area contributed by atoms with Crippen LogP contribution in [-0.2, 0) is 112 Å². The summed E-state index contributed by atoms with van der Waals surface area (Å²) < 4.78 is 41.6. The standard InChI is InChI=1S/C44H53N3O15/c1-55-35(48)16-13-27-24-45-33(30(27)19-38(51)58-4)22-44(32(21-40(53)60-6)29(42(47-44)61-7)15-18-37(50)57-3)23-34-28(14-17-36(49)56-2)31(20-39(52)59-5)41(46-34)43(54)62-25-26-11-9-8-10-12-26/h8-12,24,45-46H,13-23,25H2,1-7H3. The van der Waals surface area contributed by atoms with E-state index < -0.39 is 53.7 Å². The highest BCUT2D eigenvalue weighted by Crippen LogP contribution is 2.44. The Balaban J connectivity index is 2.04. The van der Waals surface area contributed by atoms with Gasteiger partial charge in [-0.1, -0.05) is 30.3 Å². The number of nitrogens with zero attached hydrogens (tertiary/aromatic N) is 1. The fourth-order valence-corrected chi connectivity index (χ4v) is 7.42. The first-order valence-electron chi connectivity index (χ1n) is 19.7. The van der Waals surface area contributed by atoms with Crippen molar-refractivity contribution in [3.8, 4) is 0 Å². The Labute approximate surface area is 358 Å². The fraction of sp³-hybridized carbons (Fsp3) is 0.455. The normalized spacial score (nSPS) is 14.4. The number of ether oxygens (including phenoxy) is 8. The van der Waals surface area contributed by atoms with E-state index in [-0.39, 0.29) is 88.0 Å². The SMILES string of the molecule is COC(=O)CCC1=C(CC(=O)OC)C(Cc2[nH]cc(CCC(=O)OC)c2CC(=O)OC)(Cc2[nH]c(C(=O)OCc3ccccc3)c(CC(=O)OC)c2CCC(=O)OC)N=C1OC. The van der Waals surface area contributed by atoms with Crippen molar-refractivity contribution < 1.29 is 71.5 Å². The zero-order valence-corrected chi connectivity index (χ0v) is 36.0. The number of carbonyl (C=O) groups excluding carboxylic acids is 7. The quantitative estimate of drug-likeness (QED) is 0.108. The highest BCUT2D eigenvalue weighted by atomic mass is 16.5. The van der Waals surface area contributed by atoms with Crippen LogP contribution in [0, 0.1) is 0 Å². The van der Waals surface area contributed by atoms with Gasteiger partial charge in [-0.05, 0) is 52.7 Å². The molecule has 1 aromatic carbocycles. The average Bonchev–Trinajstić information content (AvgIpc) is 3.92. The number of H-pyrrole nitrogens is 2. The lowest BCUT2D eigenvalue weighted by Gasteiger charge is -2.30. The molecule has 3 heterocycles. The van der Waals surface area contributed by atoms with Gasteiger partial charge in [-0.2, -0.15) is 0 Å². The Hall–Kier alpha value is -6.72. The molecule has 0 radical (unpaired) electrons. The molecule has 1 aliphatic rings. The number of hydrogen-bond acceptors (Lipinski definition) is 16. The molecule has 0 saturated heterocycles. The largest absolute Gasteiger partial charge is 0.481 e. The molecule has 1 atom stereocenters. The summed E-state index contributed by atoms with van der Waals surface area (Å²) in [7, 11) is 8.81. The molecule has 2 aromatic heterocycles. The van der Waals surface area contributed by atoms with Crippen LogP contribution in [0.1, 0.15) is 81.8 Å². The smallest absolute Gasteiger partial charge is 0.355 e. The van der Waals surface area contributed by atoms with Gasteiger partial charge >= 0.3 is 41.8 Å². The maximum Gasteiger partial charge on any atom is 0.355 e. The highest BCUT2D eigenvalue weighted by molar-refractivity contribution is 5.99. The molecule has 4 rings (SSSR count). The summed E-state index contributed by atoms with van der Waals surface area (Å²) in [5.41, 5.74) is 2.44. The second-order valence-electron chi connectivity index (χ2n) is 14.2. The summed E-state index contributed by atoms with van der Waals surface area (Å²) in [6.45, 7) is -0.0989. The number of carbonyl (C=O) groups is 7. The van der Waals surface area contributed by atoms with Crippen LogP contribution >= 0.6 is 0 Å². The van der Waals surface area contributed by atoms with E-state index >= 15 is 0 Å². The Morgan fingerprint density at radius 2 is 1.13 bits per heavy atom. The molecule has 0 spiro atoms. The number of esters is 7. The van der Waals surface area contributed by atoms with Gasteiger partial charge in [-0.15, -0.1) is 0 Å². The van der Waals surface area contributed by atoms with E-state index in [9.17, 15) is 33.6 Å². The molecule has 62 heavy (non-hydrogen) atoms. The second-order valence-corrected chi connectivity index (χ2v) is 14.2. The van der Waals surface area contributed by atoms with Crippen molar-refractivity contribution in [2.75, 3.05) is 49.8 Å². The number of benzene rings is 1. The Bertz CT molecular complexity index is 2180. The predicted molar refractivity (Wildman–Crippen MR) is 219 cm³/mol. The Kier molecular flexibility index (Phi) is 17.6. The van der Waals surface area contributed by atoms with E-state index in [1.165, 1.54) is 49.8 Å². The second kappa shape index (κ2) is 22.8. The zero-order chi connectivity index (χ0) is 45.4. The number of aromatic nitrogens is 2. The molecule has 0 aliphatic carbocycles. The van der Waals surface area contributed by atoms with Crippen molar-refractivity contribution in [3.05, 3.63) is 92.6 Å². The van der Waals surface area contributed by atoms with Crippen molar-refractivity contribution in [3.63, 3.8) is 0 Å². The van der Waals surface area contributed by atoms with Gasteiger partial charge in [0, 0.05) is 55.3 Å².